The minimum atomic E-state index is -3.16. The molecule has 34 heavy (non-hydrogen) atoms. The molecule has 1 N–H and O–H groups in total. The van der Waals surface area contributed by atoms with Crippen molar-refractivity contribution in [2.75, 3.05) is 19.5 Å². The molecule has 0 bridgehead atoms. The van der Waals surface area contributed by atoms with Crippen LogP contribution in [0.5, 0.6) is 5.75 Å². The van der Waals surface area contributed by atoms with Crippen LogP contribution in [0.4, 0.5) is 14.5 Å². The number of pyridine rings is 2. The van der Waals surface area contributed by atoms with Crippen molar-refractivity contribution in [3.05, 3.63) is 53.7 Å². The van der Waals surface area contributed by atoms with Gasteiger partial charge < -0.3 is 19.2 Å². The number of alkyl halides is 2. The van der Waals surface area contributed by atoms with Gasteiger partial charge in [-0.05, 0) is 37.8 Å². The Morgan fingerprint density at radius 2 is 1.85 bits per heavy atom. The lowest BCUT2D eigenvalue weighted by Gasteiger charge is -2.25. The van der Waals surface area contributed by atoms with E-state index in [0.717, 1.165) is 38.3 Å². The maximum absolute atomic E-state index is 13.6. The van der Waals surface area contributed by atoms with Crippen LogP contribution in [-0.2, 0) is 15.5 Å². The smallest absolute Gasteiger partial charge is 0.308 e. The Balaban J connectivity index is 1.55. The maximum atomic E-state index is 13.6. The van der Waals surface area contributed by atoms with Gasteiger partial charge >= 0.3 is 5.97 Å². The SMILES string of the molecule is COC(=O)C1CCC(c2cn3cc(NC(=O)c4cccc(C(C)(F)F)n4)c(OC)cc3n2)CC1. The molecular formula is C24H26F2N4O4. The summed E-state index contributed by atoms with van der Waals surface area (Å²) in [5.41, 5.74) is 1.28. The predicted molar refractivity (Wildman–Crippen MR) is 120 cm³/mol. The molecule has 0 unspecified atom stereocenters. The van der Waals surface area contributed by atoms with E-state index in [-0.39, 0.29) is 23.5 Å². The Morgan fingerprint density at radius 3 is 2.50 bits per heavy atom. The molecule has 3 aromatic rings. The zero-order valence-corrected chi connectivity index (χ0v) is 19.2. The minimum absolute atomic E-state index is 0.0695. The van der Waals surface area contributed by atoms with E-state index in [1.807, 2.05) is 6.20 Å². The average molecular weight is 472 g/mol. The van der Waals surface area contributed by atoms with Gasteiger partial charge in [0.15, 0.2) is 0 Å². The van der Waals surface area contributed by atoms with E-state index < -0.39 is 17.5 Å². The van der Waals surface area contributed by atoms with Crippen molar-refractivity contribution in [3.63, 3.8) is 0 Å². The lowest BCUT2D eigenvalue weighted by atomic mass is 9.81. The molecule has 180 valence electrons. The Bertz CT molecular complexity index is 1210. The fourth-order valence-corrected chi connectivity index (χ4v) is 4.28. The van der Waals surface area contributed by atoms with Gasteiger partial charge in [-0.25, -0.2) is 9.97 Å². The van der Waals surface area contributed by atoms with Crippen molar-refractivity contribution >= 4 is 23.2 Å². The quantitative estimate of drug-likeness (QED) is 0.529. The summed E-state index contributed by atoms with van der Waals surface area (Å²) in [7, 11) is 2.88. The second-order valence-corrected chi connectivity index (χ2v) is 8.51. The van der Waals surface area contributed by atoms with E-state index in [9.17, 15) is 18.4 Å². The molecule has 1 saturated carbocycles. The number of methoxy groups -OCH3 is 2. The molecule has 0 saturated heterocycles. The van der Waals surface area contributed by atoms with Crippen LogP contribution in [0.25, 0.3) is 5.65 Å². The maximum Gasteiger partial charge on any atom is 0.308 e. The molecule has 4 rings (SSSR count). The number of amides is 1. The monoisotopic (exact) mass is 472 g/mol. The molecule has 1 aliphatic rings. The van der Waals surface area contributed by atoms with Crippen LogP contribution >= 0.6 is 0 Å². The number of carbonyl (C=O) groups excluding carboxylic acids is 2. The van der Waals surface area contributed by atoms with Crippen LogP contribution in [0.2, 0.25) is 0 Å². The van der Waals surface area contributed by atoms with Crippen molar-refractivity contribution in [1.82, 2.24) is 14.4 Å². The van der Waals surface area contributed by atoms with Crippen LogP contribution < -0.4 is 10.1 Å². The van der Waals surface area contributed by atoms with Crippen LogP contribution in [0.1, 0.15) is 60.4 Å². The summed E-state index contributed by atoms with van der Waals surface area (Å²) < 4.78 is 39.3. The topological polar surface area (TPSA) is 94.8 Å². The van der Waals surface area contributed by atoms with Gasteiger partial charge in [0.05, 0.1) is 25.8 Å². The zero-order chi connectivity index (χ0) is 24.5. The average Bonchev–Trinajstić information content (AvgIpc) is 3.25. The summed E-state index contributed by atoms with van der Waals surface area (Å²) in [6.07, 6.45) is 6.71. The van der Waals surface area contributed by atoms with Gasteiger partial charge in [-0.1, -0.05) is 6.07 Å². The number of anilines is 1. The number of halogens is 2. The highest BCUT2D eigenvalue weighted by molar-refractivity contribution is 6.03. The van der Waals surface area contributed by atoms with Crippen molar-refractivity contribution in [3.8, 4) is 5.75 Å². The summed E-state index contributed by atoms with van der Waals surface area (Å²) in [6, 6.07) is 5.61. The van der Waals surface area contributed by atoms with Gasteiger partial charge in [0.2, 0.25) is 0 Å². The molecule has 0 spiro atoms. The number of aromatic nitrogens is 3. The largest absolute Gasteiger partial charge is 0.494 e. The van der Waals surface area contributed by atoms with Crippen LogP contribution in [0.3, 0.4) is 0 Å². The van der Waals surface area contributed by atoms with E-state index in [0.29, 0.717) is 17.1 Å². The van der Waals surface area contributed by atoms with E-state index >= 15 is 0 Å². The highest BCUT2D eigenvalue weighted by atomic mass is 19.3. The number of ether oxygens (including phenoxy) is 2. The molecule has 0 radical (unpaired) electrons. The lowest BCUT2D eigenvalue weighted by Crippen LogP contribution is -2.22. The summed E-state index contributed by atoms with van der Waals surface area (Å²) in [5, 5.41) is 2.69. The fourth-order valence-electron chi connectivity index (χ4n) is 4.28. The Hall–Kier alpha value is -3.56. The van der Waals surface area contributed by atoms with Crippen LogP contribution in [0.15, 0.2) is 36.7 Å². The minimum Gasteiger partial charge on any atom is -0.494 e. The molecule has 1 fully saturated rings. The van der Waals surface area contributed by atoms with Gasteiger partial charge in [0.1, 0.15) is 28.5 Å². The van der Waals surface area contributed by atoms with E-state index in [4.69, 9.17) is 14.5 Å². The van der Waals surface area contributed by atoms with Crippen molar-refractivity contribution < 1.29 is 27.8 Å². The highest BCUT2D eigenvalue weighted by Gasteiger charge is 2.29. The molecular weight excluding hydrogens is 446 g/mol. The van der Waals surface area contributed by atoms with Crippen molar-refractivity contribution in [1.29, 1.82) is 0 Å². The fraction of sp³-hybridized carbons (Fsp3) is 0.417. The molecule has 0 atom stereocenters. The Labute approximate surface area is 195 Å². The van der Waals surface area contributed by atoms with Crippen molar-refractivity contribution in [2.24, 2.45) is 5.92 Å². The third-order valence-electron chi connectivity index (χ3n) is 6.15. The number of esters is 1. The Morgan fingerprint density at radius 1 is 1.12 bits per heavy atom. The molecule has 1 amide bonds. The first kappa shape index (κ1) is 23.6. The second kappa shape index (κ2) is 9.36. The molecule has 0 aliphatic heterocycles. The standard InChI is InChI=1S/C24H26F2N4O4/c1-24(25,26)20-6-4-5-16(27-20)22(31)29-18-13-30-12-17(28-21(30)11-19(18)33-2)14-7-9-15(10-8-14)23(32)34-3/h4-6,11-15H,7-10H2,1-3H3,(H,29,31). The molecule has 1 aliphatic carbocycles. The molecule has 3 heterocycles. The second-order valence-electron chi connectivity index (χ2n) is 8.51. The van der Waals surface area contributed by atoms with E-state index in [1.54, 1.807) is 16.7 Å². The first-order chi connectivity index (χ1) is 16.2. The number of carbonyl (C=O) groups is 2. The van der Waals surface area contributed by atoms with Gasteiger partial charge in [0, 0.05) is 31.3 Å². The molecule has 8 nitrogen and oxygen atoms in total. The normalized spacial score (nSPS) is 18.5. The van der Waals surface area contributed by atoms with Gasteiger partial charge in [-0.2, -0.15) is 8.78 Å². The molecule has 10 heteroatoms. The molecule has 0 aromatic carbocycles. The summed E-state index contributed by atoms with van der Waals surface area (Å²) in [4.78, 5) is 33.0. The van der Waals surface area contributed by atoms with E-state index in [1.165, 1.54) is 32.4 Å². The third-order valence-corrected chi connectivity index (χ3v) is 6.15. The first-order valence-electron chi connectivity index (χ1n) is 11.0. The van der Waals surface area contributed by atoms with Gasteiger partial charge in [0.25, 0.3) is 11.8 Å². The third kappa shape index (κ3) is 4.85. The lowest BCUT2D eigenvalue weighted by molar-refractivity contribution is -0.146. The van der Waals surface area contributed by atoms with Gasteiger partial charge in [-0.15, -0.1) is 0 Å². The van der Waals surface area contributed by atoms with Crippen LogP contribution in [-0.4, -0.2) is 40.5 Å². The highest BCUT2D eigenvalue weighted by Crippen LogP contribution is 2.37. The van der Waals surface area contributed by atoms with Crippen molar-refractivity contribution in [2.45, 2.75) is 44.4 Å². The van der Waals surface area contributed by atoms with Gasteiger partial charge in [-0.3, -0.25) is 9.59 Å². The first-order valence-corrected chi connectivity index (χ1v) is 11.0. The van der Waals surface area contributed by atoms with Crippen LogP contribution in [0, 0.1) is 5.92 Å². The summed E-state index contributed by atoms with van der Waals surface area (Å²) in [5.74, 6) is -3.43. The number of nitrogens with zero attached hydrogens (tertiary/aromatic N) is 3. The number of rotatable bonds is 6. The summed E-state index contributed by atoms with van der Waals surface area (Å²) in [6.45, 7) is 0.729. The number of hydrogen-bond donors (Lipinski definition) is 1. The molecule has 3 aromatic heterocycles. The Kier molecular flexibility index (Phi) is 6.49. The zero-order valence-electron chi connectivity index (χ0n) is 19.2. The number of nitrogens with one attached hydrogen (secondary N) is 1. The predicted octanol–water partition coefficient (Wildman–Crippen LogP) is 4.55. The number of fused-ring (bicyclic) bond motifs is 1. The van der Waals surface area contributed by atoms with E-state index in [2.05, 4.69) is 10.3 Å². The number of imidazole rings is 1. The summed E-state index contributed by atoms with van der Waals surface area (Å²) >= 11 is 0. The number of hydrogen-bond acceptors (Lipinski definition) is 6.